The summed E-state index contributed by atoms with van der Waals surface area (Å²) in [6.45, 7) is 3.35. The van der Waals surface area contributed by atoms with Gasteiger partial charge in [-0.1, -0.05) is 0 Å². The molecule has 0 amide bonds. The summed E-state index contributed by atoms with van der Waals surface area (Å²) >= 11 is 0. The molecule has 0 saturated carbocycles. The van der Waals surface area contributed by atoms with E-state index in [1.807, 2.05) is 0 Å². The zero-order chi connectivity index (χ0) is 5.82. The van der Waals surface area contributed by atoms with Crippen LogP contribution in [0.3, 0.4) is 0 Å². The second-order valence-corrected chi connectivity index (χ2v) is 1.36. The summed E-state index contributed by atoms with van der Waals surface area (Å²) in [6, 6.07) is 3.60. The molecule has 0 N–H and O–H groups in total. The molecular weight excluding hydrogens is 100 g/mol. The molecule has 0 aliphatic heterocycles. The third-order valence-corrected chi connectivity index (χ3v) is 0.845. The minimum absolute atomic E-state index is 0.861. The van der Waals surface area contributed by atoms with Gasteiger partial charge < -0.3 is 0 Å². The van der Waals surface area contributed by atoms with Crippen LogP contribution in [0.25, 0.3) is 0 Å². The lowest BCUT2D eigenvalue weighted by atomic mass is 10.4. The Hall–Kier alpha value is -1.18. The van der Waals surface area contributed by atoms with E-state index in [9.17, 15) is 0 Å². The number of aliphatic imine (C=N–C) groups is 1. The van der Waals surface area contributed by atoms with Crippen molar-refractivity contribution in [3.63, 3.8) is 0 Å². The van der Waals surface area contributed by atoms with E-state index in [1.165, 1.54) is 0 Å². The first-order valence-corrected chi connectivity index (χ1v) is 2.30. The lowest BCUT2D eigenvalue weighted by Crippen LogP contribution is -1.74. The molecule has 8 heavy (non-hydrogen) atoms. The van der Waals surface area contributed by atoms with E-state index in [1.54, 1.807) is 24.5 Å². The summed E-state index contributed by atoms with van der Waals surface area (Å²) in [7, 11) is 0. The maximum Gasteiger partial charge on any atom is 0.279 e. The van der Waals surface area contributed by atoms with Crippen LogP contribution in [0, 0.1) is 0 Å². The largest absolute Gasteiger partial charge is 0.279 e. The van der Waals surface area contributed by atoms with Crippen LogP contribution in [0.15, 0.2) is 24.5 Å². The van der Waals surface area contributed by atoms with E-state index >= 15 is 0 Å². The Balaban J connectivity index is 2.99. The van der Waals surface area contributed by atoms with Gasteiger partial charge in [0.2, 0.25) is 6.72 Å². The number of nitrogens with zero attached hydrogens (tertiary/aromatic N) is 2. The number of hydrogen-bond donors (Lipinski definition) is 0. The van der Waals surface area contributed by atoms with Crippen LogP contribution < -0.4 is 4.99 Å². The SMILES string of the molecule is C=[N+]c1ccncc1. The number of rotatable bonds is 1. The van der Waals surface area contributed by atoms with Gasteiger partial charge in [-0.05, 0) is 0 Å². The van der Waals surface area contributed by atoms with Crippen molar-refractivity contribution in [1.29, 1.82) is 0 Å². The first-order valence-electron chi connectivity index (χ1n) is 2.30. The second kappa shape index (κ2) is 2.21. The fourth-order valence-corrected chi connectivity index (χ4v) is 0.449. The molecule has 1 aromatic rings. The third-order valence-electron chi connectivity index (χ3n) is 0.845. The normalized spacial score (nSPS) is 8.50. The Morgan fingerprint density at radius 2 is 2.00 bits per heavy atom. The zero-order valence-corrected chi connectivity index (χ0v) is 4.41. The molecule has 0 fully saturated rings. The average Bonchev–Trinajstić information content (AvgIpc) is 1.90. The standard InChI is InChI=1S/C6H6N2/c1-7-6-2-4-8-5-3-6/h2-5H,1H2/q+1. The molecule has 0 unspecified atom stereocenters. The quantitative estimate of drug-likeness (QED) is 0.485. The van der Waals surface area contributed by atoms with Gasteiger partial charge in [0, 0.05) is 24.5 Å². The number of hydrogen-bond acceptors (Lipinski definition) is 2. The molecule has 0 aromatic carbocycles. The molecular formula is C6H6N2+. The molecule has 0 atom stereocenters. The third kappa shape index (κ3) is 0.904. The lowest BCUT2D eigenvalue weighted by molar-refractivity contribution is 1.29. The van der Waals surface area contributed by atoms with Crippen molar-refractivity contribution in [2.75, 3.05) is 0 Å². The van der Waals surface area contributed by atoms with Gasteiger partial charge in [0.1, 0.15) is 0 Å². The van der Waals surface area contributed by atoms with Crippen molar-refractivity contribution in [3.05, 3.63) is 24.5 Å². The first-order chi connectivity index (χ1) is 3.93. The Morgan fingerprint density at radius 3 is 2.38 bits per heavy atom. The van der Waals surface area contributed by atoms with Crippen LogP contribution in [0.1, 0.15) is 0 Å². The predicted molar refractivity (Wildman–Crippen MR) is 33.2 cm³/mol. The minimum atomic E-state index is 0.861. The number of aromatic nitrogens is 1. The predicted octanol–water partition coefficient (Wildman–Crippen LogP) is 0.749. The Kier molecular flexibility index (Phi) is 1.37. The summed E-state index contributed by atoms with van der Waals surface area (Å²) < 4.78 is 0. The van der Waals surface area contributed by atoms with Gasteiger partial charge in [0.25, 0.3) is 5.69 Å². The van der Waals surface area contributed by atoms with E-state index in [0.29, 0.717) is 0 Å². The van der Waals surface area contributed by atoms with E-state index in [2.05, 4.69) is 16.7 Å². The molecule has 0 bridgehead atoms. The fourth-order valence-electron chi connectivity index (χ4n) is 0.449. The molecule has 39 valence electrons. The van der Waals surface area contributed by atoms with Gasteiger partial charge in [-0.25, -0.2) is 0 Å². The van der Waals surface area contributed by atoms with Crippen LogP contribution in [-0.4, -0.2) is 11.7 Å². The summed E-state index contributed by atoms with van der Waals surface area (Å²) in [5, 5.41) is 0. The first kappa shape index (κ1) is 4.97. The van der Waals surface area contributed by atoms with Crippen molar-refractivity contribution in [1.82, 2.24) is 9.98 Å². The van der Waals surface area contributed by atoms with Crippen molar-refractivity contribution < 1.29 is 0 Å². The summed E-state index contributed by atoms with van der Waals surface area (Å²) in [4.78, 5) is 7.49. The summed E-state index contributed by atoms with van der Waals surface area (Å²) in [5.74, 6) is 0. The highest BCUT2D eigenvalue weighted by molar-refractivity contribution is 5.40. The van der Waals surface area contributed by atoms with Crippen LogP contribution in [0.4, 0.5) is 5.69 Å². The van der Waals surface area contributed by atoms with E-state index in [4.69, 9.17) is 0 Å². The Bertz CT molecular complexity index is 169. The smallest absolute Gasteiger partial charge is 0.264 e. The van der Waals surface area contributed by atoms with Crippen molar-refractivity contribution in [3.8, 4) is 0 Å². The highest BCUT2D eigenvalue weighted by Crippen LogP contribution is 1.97. The van der Waals surface area contributed by atoms with Gasteiger partial charge in [-0.3, -0.25) is 4.98 Å². The molecule has 0 spiro atoms. The molecule has 2 heteroatoms. The monoisotopic (exact) mass is 106 g/mol. The Morgan fingerprint density at radius 1 is 1.38 bits per heavy atom. The maximum atomic E-state index is 3.81. The molecule has 1 radical (unpaired) electrons. The molecule has 0 saturated heterocycles. The zero-order valence-electron chi connectivity index (χ0n) is 4.41. The molecule has 0 aliphatic rings. The van der Waals surface area contributed by atoms with Crippen LogP contribution in [-0.2, 0) is 0 Å². The minimum Gasteiger partial charge on any atom is -0.264 e. The van der Waals surface area contributed by atoms with Crippen LogP contribution >= 0.6 is 0 Å². The molecule has 1 aromatic heterocycles. The van der Waals surface area contributed by atoms with E-state index < -0.39 is 0 Å². The maximum absolute atomic E-state index is 3.81. The lowest BCUT2D eigenvalue weighted by Gasteiger charge is -1.73. The van der Waals surface area contributed by atoms with Gasteiger partial charge in [-0.15, -0.1) is 0 Å². The summed E-state index contributed by atoms with van der Waals surface area (Å²) in [5.41, 5.74) is 0.861. The highest BCUT2D eigenvalue weighted by Gasteiger charge is 1.91. The Labute approximate surface area is 47.9 Å². The van der Waals surface area contributed by atoms with Crippen molar-refractivity contribution in [2.45, 2.75) is 0 Å². The molecule has 0 aliphatic carbocycles. The van der Waals surface area contributed by atoms with Gasteiger partial charge in [0.15, 0.2) is 0 Å². The average molecular weight is 106 g/mol. The fraction of sp³-hybridized carbons (Fsp3) is 0. The van der Waals surface area contributed by atoms with Crippen LogP contribution in [0.2, 0.25) is 0 Å². The van der Waals surface area contributed by atoms with Gasteiger partial charge >= 0.3 is 0 Å². The van der Waals surface area contributed by atoms with Crippen LogP contribution in [0.5, 0.6) is 0 Å². The van der Waals surface area contributed by atoms with Gasteiger partial charge in [-0.2, -0.15) is 0 Å². The van der Waals surface area contributed by atoms with E-state index in [0.717, 1.165) is 5.69 Å². The van der Waals surface area contributed by atoms with Crippen molar-refractivity contribution in [2.24, 2.45) is 0 Å². The van der Waals surface area contributed by atoms with Gasteiger partial charge in [0.05, 0.1) is 4.99 Å². The van der Waals surface area contributed by atoms with E-state index in [-0.39, 0.29) is 0 Å². The molecule has 2 nitrogen and oxygen atoms in total. The topological polar surface area (TPSA) is 27.0 Å². The second-order valence-electron chi connectivity index (χ2n) is 1.36. The van der Waals surface area contributed by atoms with Crippen molar-refractivity contribution >= 4 is 12.4 Å². The summed E-state index contributed by atoms with van der Waals surface area (Å²) in [6.07, 6.45) is 3.37. The number of pyridine rings is 1. The molecule has 1 rings (SSSR count). The highest BCUT2D eigenvalue weighted by atomic mass is 14.7. The molecule has 1 heterocycles.